The fourth-order valence-corrected chi connectivity index (χ4v) is 3.41. The molecule has 5 rings (SSSR count). The van der Waals surface area contributed by atoms with E-state index in [1.807, 2.05) is 42.5 Å². The average Bonchev–Trinajstić information content (AvgIpc) is 3.14. The van der Waals surface area contributed by atoms with Crippen LogP contribution in [0.4, 0.5) is 0 Å². The summed E-state index contributed by atoms with van der Waals surface area (Å²) in [5.74, 6) is 0.645. The first-order valence-corrected chi connectivity index (χ1v) is 8.28. The predicted molar refractivity (Wildman–Crippen MR) is 105 cm³/mol. The number of hydrogen-bond donors (Lipinski definition) is 0. The Labute approximate surface area is 145 Å². The minimum Gasteiger partial charge on any atom is -0.435 e. The lowest BCUT2D eigenvalue weighted by Crippen LogP contribution is -1.81. The first-order valence-electron chi connectivity index (χ1n) is 8.28. The Bertz CT molecular complexity index is 1170. The summed E-state index contributed by atoms with van der Waals surface area (Å²) >= 11 is 0. The summed E-state index contributed by atoms with van der Waals surface area (Å²) in [7, 11) is 0. The Morgan fingerprint density at radius 2 is 1.32 bits per heavy atom. The van der Waals surface area contributed by atoms with Crippen molar-refractivity contribution in [2.24, 2.45) is 0 Å². The zero-order valence-corrected chi connectivity index (χ0v) is 13.6. The molecule has 0 amide bonds. The molecule has 0 atom stereocenters. The molecule has 0 aliphatic rings. The van der Waals surface area contributed by atoms with Gasteiger partial charge >= 0.3 is 0 Å². The lowest BCUT2D eigenvalue weighted by atomic mass is 10.0. The molecule has 118 valence electrons. The lowest BCUT2D eigenvalue weighted by molar-refractivity contribution is 0.623. The third-order valence-corrected chi connectivity index (χ3v) is 4.66. The van der Waals surface area contributed by atoms with Gasteiger partial charge in [0.1, 0.15) is 5.52 Å². The van der Waals surface area contributed by atoms with Gasteiger partial charge in [0.15, 0.2) is 5.58 Å². The quantitative estimate of drug-likeness (QED) is 0.349. The summed E-state index contributed by atoms with van der Waals surface area (Å²) in [4.78, 5) is 4.82. The molecule has 0 unspecified atom stereocenters. The minimum absolute atomic E-state index is 0.645. The summed E-state index contributed by atoms with van der Waals surface area (Å²) in [6.07, 6.45) is 1.83. The van der Waals surface area contributed by atoms with Crippen LogP contribution in [0, 0.1) is 0 Å². The molecule has 0 aliphatic carbocycles. The molecule has 2 nitrogen and oxygen atoms in total. The Morgan fingerprint density at radius 1 is 0.720 bits per heavy atom. The second kappa shape index (κ2) is 5.32. The standard InChI is InChI=1S/C23H15NO/c1-2-15-11-13-16(14-12-15)23-24-21-19-9-5-3-7-17(19)18-8-4-6-10-20(18)22(21)25-23/h2-14H,1H2. The molecular formula is C23H15NO. The molecule has 4 aromatic carbocycles. The number of rotatable bonds is 2. The first kappa shape index (κ1) is 14.0. The van der Waals surface area contributed by atoms with Crippen LogP contribution in [-0.2, 0) is 0 Å². The fraction of sp³-hybridized carbons (Fsp3) is 0. The van der Waals surface area contributed by atoms with E-state index in [1.165, 1.54) is 10.8 Å². The molecule has 0 spiro atoms. The molecule has 25 heavy (non-hydrogen) atoms. The molecule has 0 aliphatic heterocycles. The first-order chi connectivity index (χ1) is 12.3. The van der Waals surface area contributed by atoms with E-state index in [2.05, 4.69) is 43.0 Å². The molecule has 0 radical (unpaired) electrons. The normalized spacial score (nSPS) is 11.4. The summed E-state index contributed by atoms with van der Waals surface area (Å²) in [5, 5.41) is 4.61. The van der Waals surface area contributed by atoms with Crippen molar-refractivity contribution in [2.75, 3.05) is 0 Å². The SMILES string of the molecule is C=Cc1ccc(-c2nc3c4ccccc4c4ccccc4c3o2)cc1. The van der Waals surface area contributed by atoms with Crippen LogP contribution in [0.3, 0.4) is 0 Å². The maximum Gasteiger partial charge on any atom is 0.227 e. The van der Waals surface area contributed by atoms with Gasteiger partial charge in [0.05, 0.1) is 0 Å². The minimum atomic E-state index is 0.645. The summed E-state index contributed by atoms with van der Waals surface area (Å²) < 4.78 is 6.21. The number of fused-ring (bicyclic) bond motifs is 6. The van der Waals surface area contributed by atoms with Crippen molar-refractivity contribution in [3.05, 3.63) is 84.9 Å². The zero-order valence-electron chi connectivity index (χ0n) is 13.6. The van der Waals surface area contributed by atoms with Crippen LogP contribution < -0.4 is 0 Å². The van der Waals surface area contributed by atoms with E-state index >= 15 is 0 Å². The van der Waals surface area contributed by atoms with Crippen molar-refractivity contribution in [2.45, 2.75) is 0 Å². The highest BCUT2D eigenvalue weighted by atomic mass is 16.3. The second-order valence-electron chi connectivity index (χ2n) is 6.11. The summed E-state index contributed by atoms with van der Waals surface area (Å²) in [5.41, 5.74) is 3.81. The van der Waals surface area contributed by atoms with Crippen LogP contribution in [-0.4, -0.2) is 4.98 Å². The highest BCUT2D eigenvalue weighted by Gasteiger charge is 2.15. The molecule has 0 bridgehead atoms. The van der Waals surface area contributed by atoms with Crippen molar-refractivity contribution in [3.63, 3.8) is 0 Å². The Kier molecular flexibility index (Phi) is 2.98. The van der Waals surface area contributed by atoms with Gasteiger partial charge in [-0.05, 0) is 28.5 Å². The lowest BCUT2D eigenvalue weighted by Gasteiger charge is -2.04. The highest BCUT2D eigenvalue weighted by molar-refractivity contribution is 6.22. The van der Waals surface area contributed by atoms with Crippen LogP contribution in [0.5, 0.6) is 0 Å². The molecule has 0 N–H and O–H groups in total. The van der Waals surface area contributed by atoms with Crippen LogP contribution >= 0.6 is 0 Å². The van der Waals surface area contributed by atoms with Gasteiger partial charge in [-0.15, -0.1) is 0 Å². The van der Waals surface area contributed by atoms with Gasteiger partial charge < -0.3 is 4.42 Å². The van der Waals surface area contributed by atoms with Crippen LogP contribution in [0.15, 0.2) is 83.8 Å². The van der Waals surface area contributed by atoms with Gasteiger partial charge in [-0.2, -0.15) is 0 Å². The van der Waals surface area contributed by atoms with E-state index < -0.39 is 0 Å². The van der Waals surface area contributed by atoms with Crippen molar-refractivity contribution in [3.8, 4) is 11.5 Å². The summed E-state index contributed by atoms with van der Waals surface area (Å²) in [6.45, 7) is 3.80. The number of nitrogens with zero attached hydrogens (tertiary/aromatic N) is 1. The van der Waals surface area contributed by atoms with Gasteiger partial charge in [0, 0.05) is 16.3 Å². The largest absolute Gasteiger partial charge is 0.435 e. The van der Waals surface area contributed by atoms with E-state index in [0.717, 1.165) is 33.0 Å². The third kappa shape index (κ3) is 2.08. The van der Waals surface area contributed by atoms with E-state index in [4.69, 9.17) is 9.40 Å². The number of hydrogen-bond acceptors (Lipinski definition) is 2. The molecule has 2 heteroatoms. The second-order valence-corrected chi connectivity index (χ2v) is 6.11. The van der Waals surface area contributed by atoms with E-state index in [1.54, 1.807) is 0 Å². The molecule has 1 heterocycles. The van der Waals surface area contributed by atoms with E-state index in [9.17, 15) is 0 Å². The van der Waals surface area contributed by atoms with Crippen LogP contribution in [0.2, 0.25) is 0 Å². The topological polar surface area (TPSA) is 26.0 Å². The molecule has 0 saturated carbocycles. The Morgan fingerprint density at radius 3 is 2.00 bits per heavy atom. The number of aromatic nitrogens is 1. The smallest absolute Gasteiger partial charge is 0.227 e. The summed E-state index contributed by atoms with van der Waals surface area (Å²) in [6, 6.07) is 24.8. The van der Waals surface area contributed by atoms with Gasteiger partial charge in [-0.3, -0.25) is 0 Å². The third-order valence-electron chi connectivity index (χ3n) is 4.66. The number of benzene rings is 4. The monoisotopic (exact) mass is 321 g/mol. The fourth-order valence-electron chi connectivity index (χ4n) is 3.41. The maximum absolute atomic E-state index is 6.21. The van der Waals surface area contributed by atoms with Crippen molar-refractivity contribution in [1.29, 1.82) is 0 Å². The van der Waals surface area contributed by atoms with Gasteiger partial charge in [-0.25, -0.2) is 4.98 Å². The van der Waals surface area contributed by atoms with Crippen LogP contribution in [0.1, 0.15) is 5.56 Å². The van der Waals surface area contributed by atoms with Crippen molar-refractivity contribution >= 4 is 38.7 Å². The highest BCUT2D eigenvalue weighted by Crippen LogP contribution is 2.36. The Hall–Kier alpha value is -3.39. The predicted octanol–water partition coefficient (Wildman–Crippen LogP) is 6.44. The number of oxazole rings is 1. The zero-order chi connectivity index (χ0) is 16.8. The van der Waals surface area contributed by atoms with Gasteiger partial charge in [0.25, 0.3) is 0 Å². The molecule has 1 aromatic heterocycles. The molecule has 0 fully saturated rings. The van der Waals surface area contributed by atoms with Crippen LogP contribution in [0.25, 0.3) is 50.2 Å². The molecule has 5 aromatic rings. The van der Waals surface area contributed by atoms with Crippen molar-refractivity contribution in [1.82, 2.24) is 4.98 Å². The average molecular weight is 321 g/mol. The Balaban J connectivity index is 1.88. The van der Waals surface area contributed by atoms with Gasteiger partial charge in [-0.1, -0.05) is 73.3 Å². The van der Waals surface area contributed by atoms with Gasteiger partial charge in [0.2, 0.25) is 5.89 Å². The maximum atomic E-state index is 6.21. The molecular weight excluding hydrogens is 306 g/mol. The molecule has 0 saturated heterocycles. The van der Waals surface area contributed by atoms with Crippen molar-refractivity contribution < 1.29 is 4.42 Å². The van der Waals surface area contributed by atoms with E-state index in [-0.39, 0.29) is 0 Å². The van der Waals surface area contributed by atoms with E-state index in [0.29, 0.717) is 5.89 Å².